The summed E-state index contributed by atoms with van der Waals surface area (Å²) in [5, 5.41) is 0.837. The molecule has 0 saturated heterocycles. The molecule has 0 aliphatic carbocycles. The van der Waals surface area contributed by atoms with Crippen LogP contribution in [0.25, 0.3) is 10.9 Å². The van der Waals surface area contributed by atoms with Crippen molar-refractivity contribution in [2.45, 2.75) is 13.3 Å². The second-order valence-corrected chi connectivity index (χ2v) is 3.64. The number of aromatic nitrogens is 1. The normalized spacial score (nSPS) is 10.9. The van der Waals surface area contributed by atoms with Crippen LogP contribution in [0.5, 0.6) is 0 Å². The van der Waals surface area contributed by atoms with Crippen LogP contribution in [-0.4, -0.2) is 4.98 Å². The highest BCUT2D eigenvalue weighted by molar-refractivity contribution is 6.35. The molecule has 0 atom stereocenters. The van der Waals surface area contributed by atoms with Crippen LogP contribution in [0.1, 0.15) is 12.6 Å². The van der Waals surface area contributed by atoms with Crippen molar-refractivity contribution >= 4 is 22.5 Å². The molecule has 0 aliphatic heterocycles. The minimum atomic E-state index is -0.907. The number of nitrogens with zero attached hydrogens (tertiary/aromatic N) is 1. The molecule has 0 bridgehead atoms. The molecular weight excluding hydrogens is 220 g/mol. The zero-order valence-corrected chi connectivity index (χ0v) is 8.78. The third-order valence-corrected chi connectivity index (χ3v) is 2.53. The first-order chi connectivity index (χ1) is 7.11. The van der Waals surface area contributed by atoms with E-state index in [1.165, 1.54) is 0 Å². The Morgan fingerprint density at radius 3 is 2.53 bits per heavy atom. The van der Waals surface area contributed by atoms with E-state index in [-0.39, 0.29) is 0 Å². The maximum Gasteiger partial charge on any atom is 0.161 e. The number of rotatable bonds is 1. The first kappa shape index (κ1) is 10.3. The van der Waals surface area contributed by atoms with Crippen molar-refractivity contribution in [1.29, 1.82) is 0 Å². The molecule has 78 valence electrons. The molecule has 2 aromatic rings. The van der Waals surface area contributed by atoms with Gasteiger partial charge in [0.05, 0.1) is 10.5 Å². The minimum Gasteiger partial charge on any atom is -0.253 e. The van der Waals surface area contributed by atoms with Gasteiger partial charge >= 0.3 is 0 Å². The topological polar surface area (TPSA) is 12.9 Å². The number of pyridine rings is 1. The largest absolute Gasteiger partial charge is 0.253 e. The molecule has 4 heteroatoms. The number of hydrogen-bond donors (Lipinski definition) is 0. The van der Waals surface area contributed by atoms with Crippen LogP contribution < -0.4 is 0 Å². The fourth-order valence-corrected chi connectivity index (χ4v) is 1.69. The van der Waals surface area contributed by atoms with E-state index >= 15 is 0 Å². The molecule has 0 radical (unpaired) electrons. The minimum absolute atomic E-state index is 0.387. The monoisotopic (exact) mass is 227 g/mol. The van der Waals surface area contributed by atoms with Crippen LogP contribution in [0.3, 0.4) is 0 Å². The summed E-state index contributed by atoms with van der Waals surface area (Å²) in [6.45, 7) is 1.92. The SMILES string of the molecule is CCc1cc(Cl)c2cc(F)c(F)cc2n1. The predicted octanol–water partition coefficient (Wildman–Crippen LogP) is 3.73. The van der Waals surface area contributed by atoms with Gasteiger partial charge in [-0.2, -0.15) is 0 Å². The van der Waals surface area contributed by atoms with Gasteiger partial charge in [-0.25, -0.2) is 8.78 Å². The molecular formula is C11H8ClF2N. The molecule has 0 saturated carbocycles. The Morgan fingerprint density at radius 2 is 1.87 bits per heavy atom. The standard InChI is InChI=1S/C11H8ClF2N/c1-2-6-3-8(12)7-4-9(13)10(14)5-11(7)15-6/h3-5H,2H2,1H3. The number of hydrogen-bond acceptors (Lipinski definition) is 1. The van der Waals surface area contributed by atoms with Crippen molar-refractivity contribution in [3.05, 3.63) is 40.6 Å². The Morgan fingerprint density at radius 1 is 1.20 bits per heavy atom. The zero-order valence-electron chi connectivity index (χ0n) is 8.02. The maximum atomic E-state index is 13.0. The van der Waals surface area contributed by atoms with Crippen LogP contribution in [0.2, 0.25) is 5.02 Å². The van der Waals surface area contributed by atoms with Crippen molar-refractivity contribution in [3.8, 4) is 0 Å². The van der Waals surface area contributed by atoms with E-state index in [4.69, 9.17) is 11.6 Å². The lowest BCUT2D eigenvalue weighted by Gasteiger charge is -2.04. The van der Waals surface area contributed by atoms with Crippen LogP contribution >= 0.6 is 11.6 Å². The Balaban J connectivity index is 2.80. The van der Waals surface area contributed by atoms with Gasteiger partial charge in [0.25, 0.3) is 0 Å². The quantitative estimate of drug-likeness (QED) is 0.724. The average Bonchev–Trinajstić information content (AvgIpc) is 2.21. The van der Waals surface area contributed by atoms with E-state index in [1.807, 2.05) is 6.92 Å². The molecule has 0 N–H and O–H groups in total. The Bertz CT molecular complexity index is 525. The fourth-order valence-electron chi connectivity index (χ4n) is 1.41. The van der Waals surface area contributed by atoms with Gasteiger partial charge in [-0.3, -0.25) is 4.98 Å². The summed E-state index contributed by atoms with van der Waals surface area (Å²) in [7, 11) is 0. The van der Waals surface area contributed by atoms with E-state index < -0.39 is 11.6 Å². The summed E-state index contributed by atoms with van der Waals surface area (Å²) in [5.41, 5.74) is 1.15. The van der Waals surface area contributed by atoms with Crippen LogP contribution in [0.15, 0.2) is 18.2 Å². The summed E-state index contributed by atoms with van der Waals surface area (Å²) in [6.07, 6.45) is 0.703. The lowest BCUT2D eigenvalue weighted by molar-refractivity contribution is 0.510. The zero-order chi connectivity index (χ0) is 11.0. The van der Waals surface area contributed by atoms with E-state index in [1.54, 1.807) is 6.07 Å². The van der Waals surface area contributed by atoms with Crippen molar-refractivity contribution in [2.75, 3.05) is 0 Å². The highest BCUT2D eigenvalue weighted by Gasteiger charge is 2.08. The molecule has 1 aromatic heterocycles. The number of benzene rings is 1. The van der Waals surface area contributed by atoms with Crippen LogP contribution in [-0.2, 0) is 6.42 Å². The van der Waals surface area contributed by atoms with Gasteiger partial charge in [-0.1, -0.05) is 18.5 Å². The number of halogens is 3. The van der Waals surface area contributed by atoms with E-state index in [0.29, 0.717) is 22.3 Å². The Hall–Kier alpha value is -1.22. The van der Waals surface area contributed by atoms with Crippen LogP contribution in [0, 0.1) is 11.6 Å². The average molecular weight is 228 g/mol. The molecule has 1 heterocycles. The Kier molecular flexibility index (Phi) is 2.57. The van der Waals surface area contributed by atoms with Gasteiger partial charge in [0, 0.05) is 17.1 Å². The van der Waals surface area contributed by atoms with Crippen molar-refractivity contribution in [3.63, 3.8) is 0 Å². The third-order valence-electron chi connectivity index (χ3n) is 2.22. The lowest BCUT2D eigenvalue weighted by atomic mass is 10.1. The van der Waals surface area contributed by atoms with Crippen molar-refractivity contribution in [2.24, 2.45) is 0 Å². The van der Waals surface area contributed by atoms with Gasteiger partial charge < -0.3 is 0 Å². The third kappa shape index (κ3) is 1.79. The number of fused-ring (bicyclic) bond motifs is 1. The van der Waals surface area contributed by atoms with Gasteiger partial charge in [0.1, 0.15) is 0 Å². The number of aryl methyl sites for hydroxylation is 1. The molecule has 0 fully saturated rings. The van der Waals surface area contributed by atoms with E-state index in [0.717, 1.165) is 17.8 Å². The smallest absolute Gasteiger partial charge is 0.161 e. The fraction of sp³-hybridized carbons (Fsp3) is 0.182. The lowest BCUT2D eigenvalue weighted by Crippen LogP contribution is -1.92. The van der Waals surface area contributed by atoms with Crippen molar-refractivity contribution in [1.82, 2.24) is 4.98 Å². The molecule has 0 amide bonds. The second kappa shape index (κ2) is 3.74. The summed E-state index contributed by atoms with van der Waals surface area (Å²) >= 11 is 5.94. The summed E-state index contributed by atoms with van der Waals surface area (Å²) in [6, 6.07) is 3.80. The molecule has 0 unspecified atom stereocenters. The highest BCUT2D eigenvalue weighted by atomic mass is 35.5. The van der Waals surface area contributed by atoms with Gasteiger partial charge in [-0.05, 0) is 18.6 Å². The molecule has 1 nitrogen and oxygen atoms in total. The van der Waals surface area contributed by atoms with E-state index in [9.17, 15) is 8.78 Å². The first-order valence-corrected chi connectivity index (χ1v) is 4.93. The van der Waals surface area contributed by atoms with Gasteiger partial charge in [0.15, 0.2) is 11.6 Å². The second-order valence-electron chi connectivity index (χ2n) is 3.23. The van der Waals surface area contributed by atoms with E-state index in [2.05, 4.69) is 4.98 Å². The Labute approximate surface area is 90.7 Å². The predicted molar refractivity (Wildman–Crippen MR) is 56.0 cm³/mol. The molecule has 0 aliphatic rings. The van der Waals surface area contributed by atoms with Crippen molar-refractivity contribution < 1.29 is 8.78 Å². The molecule has 15 heavy (non-hydrogen) atoms. The molecule has 0 spiro atoms. The van der Waals surface area contributed by atoms with Gasteiger partial charge in [-0.15, -0.1) is 0 Å². The van der Waals surface area contributed by atoms with Crippen LogP contribution in [0.4, 0.5) is 8.78 Å². The first-order valence-electron chi connectivity index (χ1n) is 4.56. The molecule has 1 aromatic carbocycles. The summed E-state index contributed by atoms with van der Waals surface area (Å²) in [5.74, 6) is -1.81. The summed E-state index contributed by atoms with van der Waals surface area (Å²) < 4.78 is 25.9. The maximum absolute atomic E-state index is 13.0. The summed E-state index contributed by atoms with van der Waals surface area (Å²) in [4.78, 5) is 4.17. The van der Waals surface area contributed by atoms with Gasteiger partial charge in [0.2, 0.25) is 0 Å². The highest BCUT2D eigenvalue weighted by Crippen LogP contribution is 2.25. The molecule has 2 rings (SSSR count).